The largest absolute Gasteiger partial charge is 0.493 e. The van der Waals surface area contributed by atoms with Gasteiger partial charge in [-0.05, 0) is 62.8 Å². The first kappa shape index (κ1) is 24.6. The van der Waals surface area contributed by atoms with Crippen molar-refractivity contribution in [3.05, 3.63) is 99.5 Å². The first-order valence-electron chi connectivity index (χ1n) is 10.8. The van der Waals surface area contributed by atoms with Crippen LogP contribution < -0.4 is 20.2 Å². The number of hydrogen-bond donors (Lipinski definition) is 2. The van der Waals surface area contributed by atoms with Crippen molar-refractivity contribution < 1.29 is 14.3 Å². The summed E-state index contributed by atoms with van der Waals surface area (Å²) in [6, 6.07) is 25.0. The summed E-state index contributed by atoms with van der Waals surface area (Å²) in [5, 5.41) is 10.1. The molecule has 4 aromatic carbocycles. The standard InChI is InChI=1S/C27H23BrClN3O3/c1-34-25-14-19(13-23(28)27(25)35-17-18-9-11-21(29)12-10-18)15-31-32-26(33)16-30-24-8-4-6-20-5-2-3-7-22(20)24/h2-15,30H,16-17H2,1H3,(H,32,33)/b31-15-. The van der Waals surface area contributed by atoms with Crippen LogP contribution in [0.2, 0.25) is 5.02 Å². The molecule has 0 atom stereocenters. The lowest BCUT2D eigenvalue weighted by Gasteiger charge is -2.13. The number of anilines is 1. The van der Waals surface area contributed by atoms with Crippen LogP contribution in [0, 0.1) is 0 Å². The Bertz CT molecular complexity index is 1350. The van der Waals surface area contributed by atoms with E-state index in [0.29, 0.717) is 27.6 Å². The average molecular weight is 553 g/mol. The first-order chi connectivity index (χ1) is 17.0. The van der Waals surface area contributed by atoms with Crippen LogP contribution in [-0.2, 0) is 11.4 Å². The van der Waals surface area contributed by atoms with Crippen molar-refractivity contribution in [1.82, 2.24) is 5.43 Å². The molecule has 0 radical (unpaired) electrons. The van der Waals surface area contributed by atoms with Crippen molar-refractivity contribution in [2.75, 3.05) is 19.0 Å². The minimum atomic E-state index is -0.261. The van der Waals surface area contributed by atoms with E-state index in [1.165, 1.54) is 0 Å². The van der Waals surface area contributed by atoms with Gasteiger partial charge in [-0.1, -0.05) is 60.1 Å². The molecule has 0 aromatic heterocycles. The molecule has 0 fully saturated rings. The third-order valence-corrected chi connectivity index (χ3v) is 6.02. The molecule has 0 heterocycles. The van der Waals surface area contributed by atoms with Crippen LogP contribution in [0.25, 0.3) is 10.8 Å². The van der Waals surface area contributed by atoms with Gasteiger partial charge in [-0.2, -0.15) is 5.10 Å². The van der Waals surface area contributed by atoms with E-state index in [1.807, 2.05) is 72.8 Å². The van der Waals surface area contributed by atoms with Crippen molar-refractivity contribution in [1.29, 1.82) is 0 Å². The lowest BCUT2D eigenvalue weighted by molar-refractivity contribution is -0.119. The van der Waals surface area contributed by atoms with Crippen LogP contribution in [0.3, 0.4) is 0 Å². The molecule has 0 saturated heterocycles. The molecule has 2 N–H and O–H groups in total. The van der Waals surface area contributed by atoms with Crippen molar-refractivity contribution >= 4 is 56.1 Å². The van der Waals surface area contributed by atoms with E-state index in [1.54, 1.807) is 19.4 Å². The number of benzene rings is 4. The second kappa shape index (κ2) is 11.7. The summed E-state index contributed by atoms with van der Waals surface area (Å²) in [6.45, 7) is 0.454. The number of nitrogens with one attached hydrogen (secondary N) is 2. The molecule has 0 aliphatic rings. The number of carbonyl (C=O) groups is 1. The number of fused-ring (bicyclic) bond motifs is 1. The van der Waals surface area contributed by atoms with E-state index in [4.69, 9.17) is 21.1 Å². The maximum atomic E-state index is 12.3. The molecule has 178 valence electrons. The van der Waals surface area contributed by atoms with Crippen molar-refractivity contribution in [3.63, 3.8) is 0 Å². The number of amides is 1. The minimum Gasteiger partial charge on any atom is -0.493 e. The molecular weight excluding hydrogens is 530 g/mol. The molecule has 0 aliphatic carbocycles. The second-order valence-electron chi connectivity index (χ2n) is 7.62. The number of hydrogen-bond acceptors (Lipinski definition) is 5. The lowest BCUT2D eigenvalue weighted by atomic mass is 10.1. The number of carbonyl (C=O) groups excluding carboxylic acids is 1. The zero-order chi connectivity index (χ0) is 24.6. The monoisotopic (exact) mass is 551 g/mol. The van der Waals surface area contributed by atoms with E-state index < -0.39 is 0 Å². The fourth-order valence-corrected chi connectivity index (χ4v) is 4.16. The minimum absolute atomic E-state index is 0.0931. The van der Waals surface area contributed by atoms with Gasteiger partial charge in [0.25, 0.3) is 5.91 Å². The second-order valence-corrected chi connectivity index (χ2v) is 8.91. The Morgan fingerprint density at radius 1 is 1.06 bits per heavy atom. The Morgan fingerprint density at radius 3 is 2.63 bits per heavy atom. The summed E-state index contributed by atoms with van der Waals surface area (Å²) >= 11 is 9.47. The van der Waals surface area contributed by atoms with Crippen LogP contribution in [0.15, 0.2) is 88.4 Å². The van der Waals surface area contributed by atoms with Gasteiger partial charge in [-0.3, -0.25) is 4.79 Å². The number of ether oxygens (including phenoxy) is 2. The fraction of sp³-hybridized carbons (Fsp3) is 0.111. The molecule has 0 bridgehead atoms. The first-order valence-corrected chi connectivity index (χ1v) is 12.0. The smallest absolute Gasteiger partial charge is 0.259 e. The van der Waals surface area contributed by atoms with E-state index in [9.17, 15) is 4.79 Å². The summed E-state index contributed by atoms with van der Waals surface area (Å²) < 4.78 is 12.1. The highest BCUT2D eigenvalue weighted by Gasteiger charge is 2.12. The molecule has 1 amide bonds. The van der Waals surface area contributed by atoms with E-state index in [2.05, 4.69) is 31.8 Å². The summed E-state index contributed by atoms with van der Waals surface area (Å²) in [7, 11) is 1.57. The Kier molecular flexibility index (Phi) is 8.23. The summed E-state index contributed by atoms with van der Waals surface area (Å²) in [5.74, 6) is 0.852. The fourth-order valence-electron chi connectivity index (χ4n) is 3.46. The van der Waals surface area contributed by atoms with Gasteiger partial charge in [0.1, 0.15) is 6.61 Å². The lowest BCUT2D eigenvalue weighted by Crippen LogP contribution is -2.25. The Balaban J connectivity index is 1.35. The number of methoxy groups -OCH3 is 1. The van der Waals surface area contributed by atoms with Gasteiger partial charge in [0.2, 0.25) is 0 Å². The Labute approximate surface area is 217 Å². The zero-order valence-corrected chi connectivity index (χ0v) is 21.3. The maximum Gasteiger partial charge on any atom is 0.259 e. The highest BCUT2D eigenvalue weighted by molar-refractivity contribution is 9.10. The Hall–Kier alpha value is -3.55. The molecular formula is C27H23BrClN3O3. The quantitative estimate of drug-likeness (QED) is 0.186. The van der Waals surface area contributed by atoms with Crippen LogP contribution in [-0.4, -0.2) is 25.8 Å². The SMILES string of the molecule is COc1cc(/C=N\NC(=O)CNc2cccc3ccccc23)cc(Br)c1OCc1ccc(Cl)cc1. The number of hydrazone groups is 1. The van der Waals surface area contributed by atoms with E-state index >= 15 is 0 Å². The topological polar surface area (TPSA) is 72.0 Å². The predicted octanol–water partition coefficient (Wildman–Crippen LogP) is 6.41. The molecule has 8 heteroatoms. The van der Waals surface area contributed by atoms with E-state index in [0.717, 1.165) is 27.6 Å². The third kappa shape index (κ3) is 6.53. The number of halogens is 2. The molecule has 0 spiro atoms. The Morgan fingerprint density at radius 2 is 1.83 bits per heavy atom. The van der Waals surface area contributed by atoms with E-state index in [-0.39, 0.29) is 12.5 Å². The number of nitrogens with zero attached hydrogens (tertiary/aromatic N) is 1. The van der Waals surface area contributed by atoms with Crippen molar-refractivity contribution in [3.8, 4) is 11.5 Å². The van der Waals surface area contributed by atoms with Crippen molar-refractivity contribution in [2.24, 2.45) is 5.10 Å². The highest BCUT2D eigenvalue weighted by atomic mass is 79.9. The van der Waals surface area contributed by atoms with Crippen molar-refractivity contribution in [2.45, 2.75) is 6.61 Å². The molecule has 35 heavy (non-hydrogen) atoms. The summed E-state index contributed by atoms with van der Waals surface area (Å²) in [4.78, 5) is 12.3. The van der Waals surface area contributed by atoms with Crippen LogP contribution in [0.4, 0.5) is 5.69 Å². The van der Waals surface area contributed by atoms with Gasteiger partial charge in [-0.15, -0.1) is 0 Å². The van der Waals surface area contributed by atoms with Gasteiger partial charge in [0, 0.05) is 16.1 Å². The maximum absolute atomic E-state index is 12.3. The van der Waals surface area contributed by atoms with Crippen LogP contribution >= 0.6 is 27.5 Å². The highest BCUT2D eigenvalue weighted by Crippen LogP contribution is 2.37. The van der Waals surface area contributed by atoms with Gasteiger partial charge in [0.15, 0.2) is 11.5 Å². The molecule has 0 saturated carbocycles. The third-order valence-electron chi connectivity index (χ3n) is 5.18. The van der Waals surface area contributed by atoms with Crippen LogP contribution in [0.1, 0.15) is 11.1 Å². The van der Waals surface area contributed by atoms with Gasteiger partial charge < -0.3 is 14.8 Å². The van der Waals surface area contributed by atoms with Crippen LogP contribution in [0.5, 0.6) is 11.5 Å². The molecule has 6 nitrogen and oxygen atoms in total. The van der Waals surface area contributed by atoms with Gasteiger partial charge in [0.05, 0.1) is 24.3 Å². The predicted molar refractivity (Wildman–Crippen MR) is 145 cm³/mol. The molecule has 4 aromatic rings. The molecule has 0 aliphatic heterocycles. The average Bonchev–Trinajstić information content (AvgIpc) is 2.87. The summed E-state index contributed by atoms with van der Waals surface area (Å²) in [5.41, 5.74) is 5.15. The zero-order valence-electron chi connectivity index (χ0n) is 18.9. The normalized spacial score (nSPS) is 10.9. The summed E-state index contributed by atoms with van der Waals surface area (Å²) in [6.07, 6.45) is 1.55. The number of rotatable bonds is 9. The van der Waals surface area contributed by atoms with Gasteiger partial charge >= 0.3 is 0 Å². The molecule has 4 rings (SSSR count). The van der Waals surface area contributed by atoms with Gasteiger partial charge in [-0.25, -0.2) is 5.43 Å². The molecule has 0 unspecified atom stereocenters.